The molecular weight excluding hydrogens is 275 g/mol. The average molecular weight is 283 g/mol. The smallest absolute Gasteiger partial charge is 0.354 e. The molecule has 1 aromatic heterocycles. The van der Waals surface area contributed by atoms with Crippen molar-refractivity contribution in [2.24, 2.45) is 0 Å². The van der Waals surface area contributed by atoms with Gasteiger partial charge in [-0.15, -0.1) is 0 Å². The van der Waals surface area contributed by atoms with Gasteiger partial charge in [0, 0.05) is 17.5 Å². The third kappa shape index (κ3) is 3.18. The molecule has 2 aromatic rings. The Balaban J connectivity index is 2.31. The van der Waals surface area contributed by atoms with Crippen molar-refractivity contribution < 1.29 is 9.90 Å². The zero-order valence-electron chi connectivity index (χ0n) is 9.10. The lowest BCUT2D eigenvalue weighted by molar-refractivity contribution is 0.0690. The Morgan fingerprint density at radius 3 is 2.67 bits per heavy atom. The number of hydrogen-bond donors (Lipinski definition) is 1. The van der Waals surface area contributed by atoms with Gasteiger partial charge in [-0.25, -0.2) is 14.8 Å². The van der Waals surface area contributed by atoms with Crippen molar-refractivity contribution in [1.82, 2.24) is 9.97 Å². The van der Waals surface area contributed by atoms with E-state index in [4.69, 9.17) is 28.3 Å². The van der Waals surface area contributed by atoms with Gasteiger partial charge in [-0.3, -0.25) is 0 Å². The molecule has 6 heteroatoms. The van der Waals surface area contributed by atoms with Crippen molar-refractivity contribution in [3.63, 3.8) is 0 Å². The summed E-state index contributed by atoms with van der Waals surface area (Å²) in [4.78, 5) is 18.8. The van der Waals surface area contributed by atoms with Gasteiger partial charge in [-0.05, 0) is 17.7 Å². The first-order valence-corrected chi connectivity index (χ1v) is 5.81. The third-order valence-electron chi connectivity index (χ3n) is 2.21. The molecule has 0 amide bonds. The summed E-state index contributed by atoms with van der Waals surface area (Å²) in [6, 6.07) is 8.40. The van der Waals surface area contributed by atoms with Gasteiger partial charge < -0.3 is 5.11 Å². The molecule has 0 atom stereocenters. The third-order valence-corrected chi connectivity index (χ3v) is 2.64. The minimum Gasteiger partial charge on any atom is -0.477 e. The maximum absolute atomic E-state index is 10.8. The number of hydrogen-bond acceptors (Lipinski definition) is 3. The second kappa shape index (κ2) is 5.33. The Labute approximate surface area is 113 Å². The quantitative estimate of drug-likeness (QED) is 0.879. The molecule has 0 fully saturated rings. The number of carboxylic acid groups (broad SMARTS) is 1. The number of aromatic nitrogens is 2. The first-order valence-electron chi connectivity index (χ1n) is 5.06. The number of aromatic carboxylic acids is 1. The molecular formula is C12H8Cl2N2O2. The van der Waals surface area contributed by atoms with Gasteiger partial charge >= 0.3 is 5.97 Å². The van der Waals surface area contributed by atoms with Crippen LogP contribution >= 0.6 is 23.2 Å². The van der Waals surface area contributed by atoms with E-state index in [2.05, 4.69) is 9.97 Å². The molecule has 0 unspecified atom stereocenters. The summed E-state index contributed by atoms with van der Waals surface area (Å²) < 4.78 is 0. The first-order chi connectivity index (χ1) is 8.54. The maximum Gasteiger partial charge on any atom is 0.354 e. The number of carbonyl (C=O) groups is 1. The molecule has 0 saturated heterocycles. The SMILES string of the molecule is O=C(O)c1cc(Cl)nc(Cc2cccc(Cl)c2)n1. The maximum atomic E-state index is 10.8. The van der Waals surface area contributed by atoms with E-state index < -0.39 is 5.97 Å². The summed E-state index contributed by atoms with van der Waals surface area (Å²) in [5.41, 5.74) is 0.771. The Kier molecular flexibility index (Phi) is 3.79. The molecule has 0 saturated carbocycles. The Bertz CT molecular complexity index is 602. The molecule has 1 N–H and O–H groups in total. The minimum absolute atomic E-state index is 0.111. The fraction of sp³-hybridized carbons (Fsp3) is 0.0833. The van der Waals surface area contributed by atoms with Crippen LogP contribution in [0.4, 0.5) is 0 Å². The van der Waals surface area contributed by atoms with E-state index in [1.807, 2.05) is 6.07 Å². The number of nitrogens with zero attached hydrogens (tertiary/aromatic N) is 2. The summed E-state index contributed by atoms with van der Waals surface area (Å²) in [7, 11) is 0. The fourth-order valence-corrected chi connectivity index (χ4v) is 1.90. The molecule has 1 heterocycles. The van der Waals surface area contributed by atoms with Gasteiger partial charge in [0.1, 0.15) is 11.0 Å². The predicted molar refractivity (Wildman–Crippen MR) is 68.3 cm³/mol. The zero-order valence-corrected chi connectivity index (χ0v) is 10.6. The highest BCUT2D eigenvalue weighted by Gasteiger charge is 2.10. The molecule has 1 aromatic carbocycles. The minimum atomic E-state index is -1.13. The fourth-order valence-electron chi connectivity index (χ4n) is 1.48. The first kappa shape index (κ1) is 12.8. The number of benzene rings is 1. The molecule has 4 nitrogen and oxygen atoms in total. The van der Waals surface area contributed by atoms with Crippen LogP contribution in [-0.4, -0.2) is 21.0 Å². The van der Waals surface area contributed by atoms with Gasteiger partial charge in [0.05, 0.1) is 0 Å². The van der Waals surface area contributed by atoms with Crippen molar-refractivity contribution in [2.75, 3.05) is 0 Å². The van der Waals surface area contributed by atoms with E-state index in [0.29, 0.717) is 17.3 Å². The normalized spacial score (nSPS) is 10.3. The Hall–Kier alpha value is -1.65. The highest BCUT2D eigenvalue weighted by atomic mass is 35.5. The van der Waals surface area contributed by atoms with Crippen molar-refractivity contribution in [3.05, 3.63) is 57.6 Å². The number of rotatable bonds is 3. The lowest BCUT2D eigenvalue weighted by atomic mass is 10.1. The standard InChI is InChI=1S/C12H8Cl2N2O2/c13-8-3-1-2-7(4-8)5-11-15-9(12(17)18)6-10(14)16-11/h1-4,6H,5H2,(H,17,18). The zero-order chi connectivity index (χ0) is 13.1. The van der Waals surface area contributed by atoms with Crippen molar-refractivity contribution in [1.29, 1.82) is 0 Å². The van der Waals surface area contributed by atoms with Crippen LogP contribution in [0.15, 0.2) is 30.3 Å². The summed E-state index contributed by atoms with van der Waals surface area (Å²) in [5.74, 6) is -0.784. The van der Waals surface area contributed by atoms with Crippen LogP contribution in [-0.2, 0) is 6.42 Å². The largest absolute Gasteiger partial charge is 0.477 e. The monoisotopic (exact) mass is 282 g/mol. The van der Waals surface area contributed by atoms with Crippen LogP contribution in [0.2, 0.25) is 10.2 Å². The van der Waals surface area contributed by atoms with Crippen molar-refractivity contribution in [3.8, 4) is 0 Å². The van der Waals surface area contributed by atoms with Crippen molar-refractivity contribution in [2.45, 2.75) is 6.42 Å². The number of halogens is 2. The van der Waals surface area contributed by atoms with E-state index in [1.165, 1.54) is 6.07 Å². The highest BCUT2D eigenvalue weighted by molar-refractivity contribution is 6.30. The molecule has 0 spiro atoms. The van der Waals surface area contributed by atoms with E-state index >= 15 is 0 Å². The molecule has 2 rings (SSSR count). The van der Waals surface area contributed by atoms with Crippen LogP contribution in [0.25, 0.3) is 0 Å². The lowest BCUT2D eigenvalue weighted by Crippen LogP contribution is -2.06. The number of carboxylic acids is 1. The average Bonchev–Trinajstić information content (AvgIpc) is 2.28. The molecule has 0 bridgehead atoms. The van der Waals surface area contributed by atoms with Gasteiger partial charge in [0.15, 0.2) is 5.69 Å². The Morgan fingerprint density at radius 1 is 1.22 bits per heavy atom. The van der Waals surface area contributed by atoms with Gasteiger partial charge in [0.2, 0.25) is 0 Å². The van der Waals surface area contributed by atoms with Crippen LogP contribution < -0.4 is 0 Å². The van der Waals surface area contributed by atoms with Gasteiger partial charge in [-0.1, -0.05) is 35.3 Å². The van der Waals surface area contributed by atoms with E-state index in [1.54, 1.807) is 18.2 Å². The molecule has 0 aliphatic carbocycles. The summed E-state index contributed by atoms with van der Waals surface area (Å²) >= 11 is 11.6. The summed E-state index contributed by atoms with van der Waals surface area (Å²) in [6.07, 6.45) is 0.376. The topological polar surface area (TPSA) is 63.1 Å². The van der Waals surface area contributed by atoms with Crippen LogP contribution in [0.5, 0.6) is 0 Å². The van der Waals surface area contributed by atoms with Crippen LogP contribution in [0.3, 0.4) is 0 Å². The predicted octanol–water partition coefficient (Wildman–Crippen LogP) is 3.07. The van der Waals surface area contributed by atoms with Gasteiger partial charge in [0.25, 0.3) is 0 Å². The Morgan fingerprint density at radius 2 is 2.00 bits per heavy atom. The molecule has 0 radical (unpaired) electrons. The summed E-state index contributed by atoms with van der Waals surface area (Å²) in [6.45, 7) is 0. The highest BCUT2D eigenvalue weighted by Crippen LogP contribution is 2.15. The van der Waals surface area contributed by atoms with Crippen LogP contribution in [0.1, 0.15) is 21.9 Å². The lowest BCUT2D eigenvalue weighted by Gasteiger charge is -2.03. The summed E-state index contributed by atoms with van der Waals surface area (Å²) in [5, 5.41) is 9.59. The molecule has 0 aliphatic rings. The molecule has 92 valence electrons. The van der Waals surface area contributed by atoms with Crippen LogP contribution in [0, 0.1) is 0 Å². The van der Waals surface area contributed by atoms with E-state index in [0.717, 1.165) is 5.56 Å². The second-order valence-corrected chi connectivity index (χ2v) is 4.43. The van der Waals surface area contributed by atoms with Gasteiger partial charge in [-0.2, -0.15) is 0 Å². The van der Waals surface area contributed by atoms with E-state index in [-0.39, 0.29) is 10.8 Å². The molecule has 18 heavy (non-hydrogen) atoms. The molecule has 0 aliphatic heterocycles. The van der Waals surface area contributed by atoms with Crippen molar-refractivity contribution >= 4 is 29.2 Å². The second-order valence-electron chi connectivity index (χ2n) is 3.60. The van der Waals surface area contributed by atoms with E-state index in [9.17, 15) is 4.79 Å².